The second-order valence-electron chi connectivity index (χ2n) is 4.41. The highest BCUT2D eigenvalue weighted by atomic mass is 79.9. The Morgan fingerprint density at radius 3 is 2.91 bits per heavy atom. The molecule has 0 bridgehead atoms. The van der Waals surface area contributed by atoms with Crippen LogP contribution in [0.2, 0.25) is 5.02 Å². The molecule has 0 radical (unpaired) electrons. The average molecular weight is 414 g/mol. The van der Waals surface area contributed by atoms with Crippen molar-refractivity contribution in [3.05, 3.63) is 52.0 Å². The summed E-state index contributed by atoms with van der Waals surface area (Å²) < 4.78 is 2.83. The van der Waals surface area contributed by atoms with Crippen LogP contribution in [-0.2, 0) is 4.79 Å². The lowest BCUT2D eigenvalue weighted by atomic mass is 10.3. The molecule has 3 nitrogen and oxygen atoms in total. The summed E-state index contributed by atoms with van der Waals surface area (Å²) in [4.78, 5) is 16.5. The predicted octanol–water partition coefficient (Wildman–Crippen LogP) is 5.44. The van der Waals surface area contributed by atoms with Crippen molar-refractivity contribution in [3.8, 4) is 0 Å². The van der Waals surface area contributed by atoms with Crippen LogP contribution in [-0.4, -0.2) is 16.6 Å². The lowest BCUT2D eigenvalue weighted by Gasteiger charge is -2.05. The monoisotopic (exact) mass is 412 g/mol. The number of hydrogen-bond acceptors (Lipinski definition) is 4. The first kappa shape index (κ1) is 15.8. The molecule has 112 valence electrons. The lowest BCUT2D eigenvalue weighted by molar-refractivity contribution is -0.113. The minimum Gasteiger partial charge on any atom is -0.325 e. The Balaban J connectivity index is 1.60. The average Bonchev–Trinajstić information content (AvgIpc) is 2.92. The van der Waals surface area contributed by atoms with Gasteiger partial charge in [0.2, 0.25) is 5.91 Å². The fourth-order valence-corrected chi connectivity index (χ4v) is 4.11. The molecular formula is C15H10BrClN2OS2. The fraction of sp³-hybridized carbons (Fsp3) is 0.0667. The number of aromatic nitrogens is 1. The first-order valence-corrected chi connectivity index (χ1v) is 9.32. The summed E-state index contributed by atoms with van der Waals surface area (Å²) in [6.07, 6.45) is 0. The van der Waals surface area contributed by atoms with E-state index in [-0.39, 0.29) is 5.91 Å². The number of rotatable bonds is 4. The molecule has 7 heteroatoms. The summed E-state index contributed by atoms with van der Waals surface area (Å²) in [7, 11) is 0. The van der Waals surface area contributed by atoms with Gasteiger partial charge in [-0.25, -0.2) is 4.98 Å². The molecule has 22 heavy (non-hydrogen) atoms. The van der Waals surface area contributed by atoms with Gasteiger partial charge in [-0.05, 0) is 46.3 Å². The van der Waals surface area contributed by atoms with E-state index in [9.17, 15) is 4.79 Å². The Labute approximate surface area is 149 Å². The van der Waals surface area contributed by atoms with Crippen molar-refractivity contribution in [3.63, 3.8) is 0 Å². The summed E-state index contributed by atoms with van der Waals surface area (Å²) in [5.74, 6) is 0.232. The van der Waals surface area contributed by atoms with Crippen molar-refractivity contribution in [2.75, 3.05) is 11.1 Å². The molecule has 0 aliphatic rings. The highest BCUT2D eigenvalue weighted by Crippen LogP contribution is 2.29. The first-order valence-electron chi connectivity index (χ1n) is 6.35. The van der Waals surface area contributed by atoms with Gasteiger partial charge in [-0.1, -0.05) is 35.5 Å². The molecule has 0 saturated carbocycles. The summed E-state index contributed by atoms with van der Waals surface area (Å²) in [5, 5.41) is 3.39. The lowest BCUT2D eigenvalue weighted by Crippen LogP contribution is -2.13. The van der Waals surface area contributed by atoms with E-state index in [0.717, 1.165) is 19.0 Å². The number of fused-ring (bicyclic) bond motifs is 1. The molecule has 1 aromatic heterocycles. The van der Waals surface area contributed by atoms with E-state index < -0.39 is 0 Å². The fourth-order valence-electron chi connectivity index (χ4n) is 1.81. The predicted molar refractivity (Wildman–Crippen MR) is 98.1 cm³/mol. The van der Waals surface area contributed by atoms with Crippen molar-refractivity contribution in [1.29, 1.82) is 0 Å². The summed E-state index contributed by atoms with van der Waals surface area (Å²) in [5.41, 5.74) is 1.65. The molecular weight excluding hydrogens is 404 g/mol. The van der Waals surface area contributed by atoms with Crippen LogP contribution in [0.5, 0.6) is 0 Å². The number of hydrogen-bond donors (Lipinski definition) is 1. The molecule has 1 N–H and O–H groups in total. The maximum absolute atomic E-state index is 12.0. The number of para-hydroxylation sites is 1. The topological polar surface area (TPSA) is 42.0 Å². The largest absolute Gasteiger partial charge is 0.325 e. The number of thiazole rings is 1. The number of benzene rings is 2. The smallest absolute Gasteiger partial charge is 0.234 e. The van der Waals surface area contributed by atoms with Gasteiger partial charge in [-0.15, -0.1) is 11.3 Å². The Hall–Kier alpha value is -1.08. The van der Waals surface area contributed by atoms with Crippen molar-refractivity contribution >= 4 is 72.4 Å². The van der Waals surface area contributed by atoms with E-state index in [1.807, 2.05) is 24.3 Å². The van der Waals surface area contributed by atoms with Crippen molar-refractivity contribution < 1.29 is 4.79 Å². The highest BCUT2D eigenvalue weighted by molar-refractivity contribution is 9.10. The number of nitrogens with zero attached hydrogens (tertiary/aromatic N) is 1. The van der Waals surface area contributed by atoms with Gasteiger partial charge in [-0.2, -0.15) is 0 Å². The zero-order valence-corrected chi connectivity index (χ0v) is 15.2. The third kappa shape index (κ3) is 3.81. The second-order valence-corrected chi connectivity index (χ2v) is 7.93. The van der Waals surface area contributed by atoms with Crippen LogP contribution in [0, 0.1) is 0 Å². The van der Waals surface area contributed by atoms with E-state index in [1.165, 1.54) is 11.8 Å². The van der Waals surface area contributed by atoms with Crippen LogP contribution in [0.25, 0.3) is 10.2 Å². The van der Waals surface area contributed by atoms with Gasteiger partial charge < -0.3 is 5.32 Å². The van der Waals surface area contributed by atoms with Gasteiger partial charge in [0.25, 0.3) is 0 Å². The molecule has 1 amide bonds. The number of carbonyl (C=O) groups excluding carboxylic acids is 1. The minimum absolute atomic E-state index is 0.0809. The molecule has 0 fully saturated rings. The normalized spacial score (nSPS) is 10.8. The van der Waals surface area contributed by atoms with E-state index in [0.29, 0.717) is 16.5 Å². The first-order chi connectivity index (χ1) is 10.6. The van der Waals surface area contributed by atoms with Gasteiger partial charge in [0.15, 0.2) is 4.34 Å². The zero-order valence-electron chi connectivity index (χ0n) is 11.2. The maximum atomic E-state index is 12.0. The third-order valence-corrected chi connectivity index (χ3v) is 6.22. The number of thioether (sulfide) groups is 1. The molecule has 2 aromatic carbocycles. The molecule has 3 aromatic rings. The molecule has 1 heterocycles. The summed E-state index contributed by atoms with van der Waals surface area (Å²) in [6, 6.07) is 13.3. The van der Waals surface area contributed by atoms with Crippen molar-refractivity contribution in [2.45, 2.75) is 4.34 Å². The molecule has 0 aliphatic heterocycles. The number of nitrogens with one attached hydrogen (secondary N) is 1. The molecule has 0 saturated heterocycles. The van der Waals surface area contributed by atoms with Crippen LogP contribution in [0.4, 0.5) is 5.69 Å². The number of amides is 1. The summed E-state index contributed by atoms with van der Waals surface area (Å²) >= 11 is 12.4. The molecule has 0 spiro atoms. The number of anilines is 1. The van der Waals surface area contributed by atoms with Gasteiger partial charge >= 0.3 is 0 Å². The molecule has 0 unspecified atom stereocenters. The van der Waals surface area contributed by atoms with Gasteiger partial charge in [0.05, 0.1) is 21.0 Å². The van der Waals surface area contributed by atoms with Crippen LogP contribution < -0.4 is 5.32 Å². The van der Waals surface area contributed by atoms with Crippen LogP contribution in [0.1, 0.15) is 0 Å². The van der Waals surface area contributed by atoms with Crippen LogP contribution >= 0.6 is 50.6 Å². The van der Waals surface area contributed by atoms with Crippen molar-refractivity contribution in [2.24, 2.45) is 0 Å². The number of halogens is 2. The summed E-state index contributed by atoms with van der Waals surface area (Å²) in [6.45, 7) is 0. The van der Waals surface area contributed by atoms with Gasteiger partial charge in [0, 0.05) is 10.2 Å². The Bertz CT molecular complexity index is 804. The molecule has 0 aliphatic carbocycles. The van der Waals surface area contributed by atoms with Gasteiger partial charge in [0.1, 0.15) is 0 Å². The quantitative estimate of drug-likeness (QED) is 0.579. The third-order valence-electron chi connectivity index (χ3n) is 2.80. The molecule has 3 rings (SSSR count). The van der Waals surface area contributed by atoms with Crippen LogP contribution in [0.15, 0.2) is 51.3 Å². The van der Waals surface area contributed by atoms with E-state index in [1.54, 1.807) is 29.5 Å². The number of carbonyl (C=O) groups is 1. The van der Waals surface area contributed by atoms with Gasteiger partial charge in [-0.3, -0.25) is 4.79 Å². The van der Waals surface area contributed by atoms with E-state index in [4.69, 9.17) is 11.6 Å². The molecule has 0 atom stereocenters. The maximum Gasteiger partial charge on any atom is 0.234 e. The van der Waals surface area contributed by atoms with Crippen molar-refractivity contribution in [1.82, 2.24) is 4.98 Å². The Morgan fingerprint density at radius 2 is 2.14 bits per heavy atom. The Morgan fingerprint density at radius 1 is 1.32 bits per heavy atom. The van der Waals surface area contributed by atoms with E-state index in [2.05, 4.69) is 26.2 Å². The van der Waals surface area contributed by atoms with E-state index >= 15 is 0 Å². The highest BCUT2D eigenvalue weighted by Gasteiger charge is 2.08. The standard InChI is InChI=1S/C15H10BrClN2OS2/c16-10-6-5-9(7-11(10)17)18-14(20)8-21-15-19-12-3-1-2-4-13(12)22-15/h1-7H,8H2,(H,18,20). The Kier molecular flexibility index (Phi) is 5.03. The zero-order chi connectivity index (χ0) is 15.5. The van der Waals surface area contributed by atoms with Crippen LogP contribution in [0.3, 0.4) is 0 Å². The minimum atomic E-state index is -0.0809. The SMILES string of the molecule is O=C(CSc1nc2ccccc2s1)Nc1ccc(Br)c(Cl)c1. The second kappa shape index (κ2) is 7.00.